The Hall–Kier alpha value is -2.69. The van der Waals surface area contributed by atoms with Crippen LogP contribution >= 0.6 is 0 Å². The molecule has 5 heteroatoms. The first kappa shape index (κ1) is 15.2. The number of carbonyl (C=O) groups is 2. The molecule has 1 aliphatic heterocycles. The lowest BCUT2D eigenvalue weighted by Crippen LogP contribution is -2.26. The monoisotopic (exact) mass is 309 g/mol. The summed E-state index contributed by atoms with van der Waals surface area (Å²) in [6, 6.07) is 11.1. The molecular formula is C18H19N3O2. The highest BCUT2D eigenvalue weighted by atomic mass is 16.2. The van der Waals surface area contributed by atoms with Gasteiger partial charge in [0.1, 0.15) is 0 Å². The van der Waals surface area contributed by atoms with E-state index in [2.05, 4.69) is 10.3 Å². The summed E-state index contributed by atoms with van der Waals surface area (Å²) in [6.45, 7) is 1.33. The van der Waals surface area contributed by atoms with Gasteiger partial charge in [-0.1, -0.05) is 6.07 Å². The molecule has 2 aromatic rings. The Balaban J connectivity index is 1.54. The van der Waals surface area contributed by atoms with Crippen molar-refractivity contribution in [2.45, 2.75) is 19.3 Å². The molecule has 0 radical (unpaired) electrons. The molecule has 1 saturated heterocycles. The van der Waals surface area contributed by atoms with Crippen molar-refractivity contribution in [3.8, 4) is 0 Å². The molecule has 2 heterocycles. The maximum atomic E-state index is 12.1. The number of hydrogen-bond acceptors (Lipinski definition) is 3. The van der Waals surface area contributed by atoms with E-state index < -0.39 is 0 Å². The van der Waals surface area contributed by atoms with Crippen LogP contribution in [0.15, 0.2) is 48.8 Å². The summed E-state index contributed by atoms with van der Waals surface area (Å²) in [6.07, 6.45) is 5.79. The van der Waals surface area contributed by atoms with E-state index in [9.17, 15) is 9.59 Å². The third-order valence-electron chi connectivity index (χ3n) is 3.94. The first-order valence-electron chi connectivity index (χ1n) is 7.81. The molecule has 1 fully saturated rings. The van der Waals surface area contributed by atoms with Gasteiger partial charge in [-0.05, 0) is 48.7 Å². The Morgan fingerprint density at radius 1 is 1.22 bits per heavy atom. The number of benzene rings is 1. The zero-order chi connectivity index (χ0) is 16.1. The molecule has 0 atom stereocenters. The lowest BCUT2D eigenvalue weighted by Gasteiger charge is -2.15. The zero-order valence-corrected chi connectivity index (χ0v) is 12.9. The van der Waals surface area contributed by atoms with Crippen molar-refractivity contribution in [2.75, 3.05) is 18.0 Å². The summed E-state index contributed by atoms with van der Waals surface area (Å²) in [5.41, 5.74) is 2.56. The summed E-state index contributed by atoms with van der Waals surface area (Å²) >= 11 is 0. The Labute approximate surface area is 135 Å². The van der Waals surface area contributed by atoms with Gasteiger partial charge in [0.05, 0.1) is 0 Å². The van der Waals surface area contributed by atoms with Crippen molar-refractivity contribution >= 4 is 17.5 Å². The molecule has 3 rings (SSSR count). The molecule has 23 heavy (non-hydrogen) atoms. The SMILES string of the molecule is O=C(NCCc1cccnc1)c1ccc(N2CCCC2=O)cc1. The third kappa shape index (κ3) is 3.74. The van der Waals surface area contributed by atoms with Gasteiger partial charge in [-0.3, -0.25) is 14.6 Å². The number of amides is 2. The predicted octanol–water partition coefficient (Wildman–Crippen LogP) is 2.18. The van der Waals surface area contributed by atoms with E-state index in [1.54, 1.807) is 29.4 Å². The van der Waals surface area contributed by atoms with Crippen molar-refractivity contribution < 1.29 is 9.59 Å². The second-order valence-corrected chi connectivity index (χ2v) is 5.56. The molecular weight excluding hydrogens is 290 g/mol. The number of anilines is 1. The van der Waals surface area contributed by atoms with E-state index >= 15 is 0 Å². The van der Waals surface area contributed by atoms with Gasteiger partial charge in [0, 0.05) is 43.2 Å². The Kier molecular flexibility index (Phi) is 4.66. The molecule has 0 saturated carbocycles. The van der Waals surface area contributed by atoms with E-state index in [1.807, 2.05) is 24.3 Å². The molecule has 1 aromatic carbocycles. The number of hydrogen-bond donors (Lipinski definition) is 1. The average molecular weight is 309 g/mol. The third-order valence-corrected chi connectivity index (χ3v) is 3.94. The van der Waals surface area contributed by atoms with Crippen LogP contribution in [0, 0.1) is 0 Å². The maximum Gasteiger partial charge on any atom is 0.251 e. The van der Waals surface area contributed by atoms with Gasteiger partial charge in [-0.15, -0.1) is 0 Å². The minimum atomic E-state index is -0.104. The molecule has 1 aliphatic rings. The number of aromatic nitrogens is 1. The number of carbonyl (C=O) groups excluding carboxylic acids is 2. The highest BCUT2D eigenvalue weighted by Crippen LogP contribution is 2.21. The summed E-state index contributed by atoms with van der Waals surface area (Å²) in [4.78, 5) is 29.7. The molecule has 0 aliphatic carbocycles. The molecule has 0 bridgehead atoms. The van der Waals surface area contributed by atoms with Crippen LogP contribution in [-0.2, 0) is 11.2 Å². The summed E-state index contributed by atoms with van der Waals surface area (Å²) in [7, 11) is 0. The Morgan fingerprint density at radius 2 is 2.04 bits per heavy atom. The smallest absolute Gasteiger partial charge is 0.251 e. The van der Waals surface area contributed by atoms with Crippen molar-refractivity contribution in [3.05, 3.63) is 59.9 Å². The van der Waals surface area contributed by atoms with Crippen LogP contribution in [0.4, 0.5) is 5.69 Å². The minimum absolute atomic E-state index is 0.104. The van der Waals surface area contributed by atoms with E-state index in [0.29, 0.717) is 18.5 Å². The molecule has 1 N–H and O–H groups in total. The second kappa shape index (κ2) is 7.05. The van der Waals surface area contributed by atoms with Crippen molar-refractivity contribution in [1.29, 1.82) is 0 Å². The van der Waals surface area contributed by atoms with Crippen molar-refractivity contribution in [3.63, 3.8) is 0 Å². The fourth-order valence-corrected chi connectivity index (χ4v) is 2.68. The summed E-state index contributed by atoms with van der Waals surface area (Å²) in [5.74, 6) is 0.0480. The molecule has 0 unspecified atom stereocenters. The number of pyridine rings is 1. The van der Waals surface area contributed by atoms with Crippen molar-refractivity contribution in [2.24, 2.45) is 0 Å². The average Bonchev–Trinajstić information content (AvgIpc) is 3.02. The van der Waals surface area contributed by atoms with Gasteiger partial charge in [0.2, 0.25) is 5.91 Å². The first-order chi connectivity index (χ1) is 11.2. The Morgan fingerprint density at radius 3 is 2.70 bits per heavy atom. The highest BCUT2D eigenvalue weighted by molar-refractivity contribution is 5.97. The van der Waals surface area contributed by atoms with E-state index in [4.69, 9.17) is 0 Å². The normalized spacial score (nSPS) is 14.1. The van der Waals surface area contributed by atoms with Crippen LogP contribution in [0.25, 0.3) is 0 Å². The summed E-state index contributed by atoms with van der Waals surface area (Å²) in [5, 5.41) is 2.90. The van der Waals surface area contributed by atoms with Gasteiger partial charge < -0.3 is 10.2 Å². The quantitative estimate of drug-likeness (QED) is 0.921. The van der Waals surface area contributed by atoms with Crippen LogP contribution in [0.3, 0.4) is 0 Å². The lowest BCUT2D eigenvalue weighted by molar-refractivity contribution is -0.117. The fraction of sp³-hybridized carbons (Fsp3) is 0.278. The van der Waals surface area contributed by atoms with Gasteiger partial charge in [0.15, 0.2) is 0 Å². The van der Waals surface area contributed by atoms with Crippen molar-refractivity contribution in [1.82, 2.24) is 10.3 Å². The maximum absolute atomic E-state index is 12.1. The standard InChI is InChI=1S/C18H19N3O2/c22-17-4-2-12-21(17)16-7-5-15(6-8-16)18(23)20-11-9-14-3-1-10-19-13-14/h1,3,5-8,10,13H,2,4,9,11-12H2,(H,20,23). The van der Waals surface area contributed by atoms with E-state index in [0.717, 1.165) is 30.6 Å². The fourth-order valence-electron chi connectivity index (χ4n) is 2.68. The molecule has 5 nitrogen and oxygen atoms in total. The van der Waals surface area contributed by atoms with Gasteiger partial charge in [0.25, 0.3) is 5.91 Å². The predicted molar refractivity (Wildman–Crippen MR) is 88.3 cm³/mol. The largest absolute Gasteiger partial charge is 0.352 e. The van der Waals surface area contributed by atoms with Crippen LogP contribution in [0.1, 0.15) is 28.8 Å². The van der Waals surface area contributed by atoms with Crippen LogP contribution in [0.5, 0.6) is 0 Å². The van der Waals surface area contributed by atoms with Crippen LogP contribution in [0.2, 0.25) is 0 Å². The molecule has 1 aromatic heterocycles. The molecule has 0 spiro atoms. The van der Waals surface area contributed by atoms with E-state index in [1.165, 1.54) is 0 Å². The van der Waals surface area contributed by atoms with Crippen LogP contribution < -0.4 is 10.2 Å². The van der Waals surface area contributed by atoms with E-state index in [-0.39, 0.29) is 11.8 Å². The molecule has 2 amide bonds. The zero-order valence-electron chi connectivity index (χ0n) is 12.9. The lowest BCUT2D eigenvalue weighted by atomic mass is 10.1. The minimum Gasteiger partial charge on any atom is -0.352 e. The van der Waals surface area contributed by atoms with Gasteiger partial charge >= 0.3 is 0 Å². The summed E-state index contributed by atoms with van der Waals surface area (Å²) < 4.78 is 0. The van der Waals surface area contributed by atoms with Crippen LogP contribution in [-0.4, -0.2) is 29.9 Å². The second-order valence-electron chi connectivity index (χ2n) is 5.56. The number of nitrogens with one attached hydrogen (secondary N) is 1. The highest BCUT2D eigenvalue weighted by Gasteiger charge is 2.21. The topological polar surface area (TPSA) is 62.3 Å². The van der Waals surface area contributed by atoms with Gasteiger partial charge in [-0.2, -0.15) is 0 Å². The number of nitrogens with zero attached hydrogens (tertiary/aromatic N) is 2. The molecule has 118 valence electrons. The Bertz CT molecular complexity index is 683. The number of rotatable bonds is 5. The van der Waals surface area contributed by atoms with Gasteiger partial charge in [-0.25, -0.2) is 0 Å². The first-order valence-corrected chi connectivity index (χ1v) is 7.81.